The Morgan fingerprint density at radius 1 is 0.750 bits per heavy atom. The molecule has 0 spiro atoms. The maximum Gasteiger partial charge on any atom is 0.312 e. The zero-order chi connectivity index (χ0) is 34.0. The fourth-order valence-electron chi connectivity index (χ4n) is 6.54. The molecule has 1 rings (SSSR count). The lowest BCUT2D eigenvalue weighted by molar-refractivity contribution is -0.208. The number of rotatable bonds is 18. The first kappa shape index (κ1) is 40.0. The molecule has 0 radical (unpaired) electrons. The summed E-state index contributed by atoms with van der Waals surface area (Å²) in [6.45, 7) is 28.6. The first-order chi connectivity index (χ1) is 20.1. The number of carbonyl (C=O) groups is 2. The van der Waals surface area contributed by atoms with E-state index in [1.165, 1.54) is 6.07 Å². The maximum atomic E-state index is 14.2. The van der Waals surface area contributed by atoms with Crippen molar-refractivity contribution in [2.45, 2.75) is 109 Å². The number of hydrogen-bond donors (Lipinski definition) is 3. The van der Waals surface area contributed by atoms with Crippen LogP contribution in [0.15, 0.2) is 24.3 Å². The van der Waals surface area contributed by atoms with E-state index >= 15 is 0 Å². The van der Waals surface area contributed by atoms with Crippen molar-refractivity contribution in [2.75, 3.05) is 39.4 Å². The van der Waals surface area contributed by atoms with Gasteiger partial charge in [-0.1, -0.05) is 87.4 Å². The predicted octanol–water partition coefficient (Wildman–Crippen LogP) is 6.88. The molecule has 1 aromatic carbocycles. The molecule has 0 aliphatic carbocycles. The van der Waals surface area contributed by atoms with E-state index in [-0.39, 0.29) is 29.8 Å². The number of hydrogen-bond acceptors (Lipinski definition) is 7. The summed E-state index contributed by atoms with van der Waals surface area (Å²) in [5.41, 5.74) is 2.24. The smallest absolute Gasteiger partial charge is 0.312 e. The van der Waals surface area contributed by atoms with Crippen LogP contribution in [0.25, 0.3) is 0 Å². The topological polar surface area (TPSA) is 103 Å². The largest absolute Gasteiger partial charge is 0.465 e. The minimum atomic E-state index is -0.963. The lowest BCUT2D eigenvalue weighted by Crippen LogP contribution is -2.63. The number of halogens is 1. The first-order valence-electron chi connectivity index (χ1n) is 16.3. The zero-order valence-corrected chi connectivity index (χ0v) is 30.0. The molecule has 2 atom stereocenters. The molecule has 1 aromatic rings. The van der Waals surface area contributed by atoms with Gasteiger partial charge in [-0.2, -0.15) is 0 Å². The van der Waals surface area contributed by atoms with E-state index in [4.69, 9.17) is 15.2 Å². The number of esters is 2. The van der Waals surface area contributed by atoms with Crippen LogP contribution in [0.3, 0.4) is 0 Å². The lowest BCUT2D eigenvalue weighted by Gasteiger charge is -2.62. The highest BCUT2D eigenvalue weighted by atomic mass is 19.1. The van der Waals surface area contributed by atoms with Gasteiger partial charge < -0.3 is 25.8 Å². The Morgan fingerprint density at radius 3 is 1.77 bits per heavy atom. The summed E-state index contributed by atoms with van der Waals surface area (Å²) >= 11 is 0. The maximum absolute atomic E-state index is 14.2. The standard InChI is InChI=1S/C36H64FN3O4/c1-31(2,3)26-35(11,29(41)43-23-15-20-39-22-19-38)33(7,8)34(9,10)36(12,32(4,5)6)30(42)44-24-16-21-40-25-27-17-13-14-18-28(27)37/h13-14,17-18,39-40H,15-16,19-26,38H2,1-12H3. The fourth-order valence-corrected chi connectivity index (χ4v) is 6.54. The fraction of sp³-hybridized carbons (Fsp3) is 0.778. The molecule has 8 heteroatoms. The number of nitrogens with two attached hydrogens (primary N) is 1. The van der Waals surface area contributed by atoms with Crippen molar-refractivity contribution in [3.63, 3.8) is 0 Å². The summed E-state index contributed by atoms with van der Waals surface area (Å²) in [6, 6.07) is 6.69. The van der Waals surface area contributed by atoms with Gasteiger partial charge in [0.1, 0.15) is 5.82 Å². The molecule has 2 unspecified atom stereocenters. The van der Waals surface area contributed by atoms with Crippen molar-refractivity contribution in [2.24, 2.45) is 38.2 Å². The van der Waals surface area contributed by atoms with Crippen molar-refractivity contribution in [3.05, 3.63) is 35.6 Å². The Hall–Kier alpha value is -2.03. The average molecular weight is 622 g/mol. The Morgan fingerprint density at radius 2 is 1.27 bits per heavy atom. The van der Waals surface area contributed by atoms with Gasteiger partial charge in [0, 0.05) is 25.2 Å². The van der Waals surface area contributed by atoms with Gasteiger partial charge in [-0.05, 0) is 73.9 Å². The summed E-state index contributed by atoms with van der Waals surface area (Å²) < 4.78 is 25.9. The van der Waals surface area contributed by atoms with Gasteiger partial charge in [0.15, 0.2) is 0 Å². The van der Waals surface area contributed by atoms with Crippen LogP contribution in [0.4, 0.5) is 4.39 Å². The number of ether oxygens (including phenoxy) is 2. The Labute approximate surface area is 268 Å². The number of nitrogens with one attached hydrogen (secondary N) is 2. The quantitative estimate of drug-likeness (QED) is 0.121. The molecule has 0 aliphatic heterocycles. The highest BCUT2D eigenvalue weighted by Crippen LogP contribution is 2.66. The third-order valence-electron chi connectivity index (χ3n) is 10.5. The summed E-state index contributed by atoms with van der Waals surface area (Å²) in [5, 5.41) is 6.47. The summed E-state index contributed by atoms with van der Waals surface area (Å²) in [4.78, 5) is 28.2. The Balaban J connectivity index is 3.19. The normalized spacial score (nSPS) is 15.8. The van der Waals surface area contributed by atoms with Crippen LogP contribution in [0, 0.1) is 38.3 Å². The van der Waals surface area contributed by atoms with Crippen LogP contribution in [-0.2, 0) is 25.6 Å². The molecule has 0 bridgehead atoms. The summed E-state index contributed by atoms with van der Waals surface area (Å²) in [5.74, 6) is -0.761. The minimum absolute atomic E-state index is 0.169. The predicted molar refractivity (Wildman–Crippen MR) is 178 cm³/mol. The zero-order valence-electron chi connectivity index (χ0n) is 30.0. The molecule has 0 aliphatic rings. The van der Waals surface area contributed by atoms with Crippen LogP contribution in [0.2, 0.25) is 0 Å². The van der Waals surface area contributed by atoms with Gasteiger partial charge >= 0.3 is 11.9 Å². The van der Waals surface area contributed by atoms with Gasteiger partial charge in [-0.15, -0.1) is 0 Å². The minimum Gasteiger partial charge on any atom is -0.465 e. The second-order valence-electron chi connectivity index (χ2n) is 16.0. The second kappa shape index (κ2) is 16.0. The van der Waals surface area contributed by atoms with E-state index in [0.29, 0.717) is 51.1 Å². The van der Waals surface area contributed by atoms with E-state index in [1.807, 2.05) is 19.9 Å². The average Bonchev–Trinajstić information content (AvgIpc) is 2.90. The van der Waals surface area contributed by atoms with Gasteiger partial charge in [-0.25, -0.2) is 4.39 Å². The van der Waals surface area contributed by atoms with Crippen molar-refractivity contribution >= 4 is 11.9 Å². The van der Waals surface area contributed by atoms with Crippen LogP contribution < -0.4 is 16.4 Å². The van der Waals surface area contributed by atoms with Crippen molar-refractivity contribution in [1.29, 1.82) is 0 Å². The van der Waals surface area contributed by atoms with E-state index in [0.717, 1.165) is 13.1 Å². The molecule has 44 heavy (non-hydrogen) atoms. The van der Waals surface area contributed by atoms with Gasteiger partial charge in [0.2, 0.25) is 0 Å². The molecule has 0 amide bonds. The molecular weight excluding hydrogens is 557 g/mol. The van der Waals surface area contributed by atoms with E-state index in [9.17, 15) is 14.0 Å². The highest BCUT2D eigenvalue weighted by molar-refractivity contribution is 5.81. The third-order valence-corrected chi connectivity index (χ3v) is 10.5. The molecule has 0 fully saturated rings. The molecule has 0 heterocycles. The van der Waals surface area contributed by atoms with E-state index in [1.54, 1.807) is 12.1 Å². The molecule has 0 saturated heterocycles. The summed E-state index contributed by atoms with van der Waals surface area (Å²) in [7, 11) is 0. The molecule has 0 aromatic heterocycles. The first-order valence-corrected chi connectivity index (χ1v) is 16.3. The van der Waals surface area contributed by atoms with Crippen molar-refractivity contribution in [1.82, 2.24) is 10.6 Å². The molecule has 7 nitrogen and oxygen atoms in total. The monoisotopic (exact) mass is 621 g/mol. The van der Waals surface area contributed by atoms with Crippen molar-refractivity contribution < 1.29 is 23.5 Å². The van der Waals surface area contributed by atoms with Crippen LogP contribution in [0.5, 0.6) is 0 Å². The van der Waals surface area contributed by atoms with Gasteiger partial charge in [0.05, 0.1) is 24.0 Å². The molecular formula is C36H64FN3O4. The SMILES string of the molecule is CC(C)(C)CC(C)(C(=O)OCCCNCCN)C(C)(C)C(C)(C)C(C)(C(=O)OCCCNCc1ccccc1F)C(C)(C)C. The Bertz CT molecular complexity index is 1060. The van der Waals surface area contributed by atoms with Crippen LogP contribution in [-0.4, -0.2) is 51.3 Å². The molecule has 254 valence electrons. The van der Waals surface area contributed by atoms with Crippen molar-refractivity contribution in [3.8, 4) is 0 Å². The third kappa shape index (κ3) is 9.49. The van der Waals surface area contributed by atoms with E-state index < -0.39 is 27.1 Å². The number of carbonyl (C=O) groups excluding carboxylic acids is 2. The van der Waals surface area contributed by atoms with Crippen LogP contribution in [0.1, 0.15) is 108 Å². The van der Waals surface area contributed by atoms with E-state index in [2.05, 4.69) is 79.9 Å². The highest BCUT2D eigenvalue weighted by Gasteiger charge is 2.67. The van der Waals surface area contributed by atoms with Crippen LogP contribution >= 0.6 is 0 Å². The number of benzene rings is 1. The van der Waals surface area contributed by atoms with Gasteiger partial charge in [0.25, 0.3) is 0 Å². The summed E-state index contributed by atoms with van der Waals surface area (Å²) in [6.07, 6.45) is 1.88. The van der Waals surface area contributed by atoms with Gasteiger partial charge in [-0.3, -0.25) is 9.59 Å². The molecule has 4 N–H and O–H groups in total. The lowest BCUT2D eigenvalue weighted by atomic mass is 9.41. The Kier molecular flexibility index (Phi) is 14.5. The second-order valence-corrected chi connectivity index (χ2v) is 16.0. The molecule has 0 saturated carbocycles.